The number of benzene rings is 2. The summed E-state index contributed by atoms with van der Waals surface area (Å²) >= 11 is 3.51. The van der Waals surface area contributed by atoms with Gasteiger partial charge in [0.1, 0.15) is 0 Å². The Kier molecular flexibility index (Phi) is 3.15. The SMILES string of the molecule is C#CC(c1ccccc1)c1c[nH]c2ccc(Br)cc12. The van der Waals surface area contributed by atoms with E-state index in [2.05, 4.69) is 51.1 Å². The van der Waals surface area contributed by atoms with Crippen molar-refractivity contribution in [2.75, 3.05) is 0 Å². The monoisotopic (exact) mass is 309 g/mol. The summed E-state index contributed by atoms with van der Waals surface area (Å²) in [6.45, 7) is 0. The number of halogens is 1. The Labute approximate surface area is 120 Å². The zero-order valence-electron chi connectivity index (χ0n) is 10.2. The minimum absolute atomic E-state index is 0.0238. The van der Waals surface area contributed by atoms with E-state index in [1.165, 1.54) is 5.39 Å². The molecule has 3 aromatic rings. The van der Waals surface area contributed by atoms with Gasteiger partial charge in [-0.15, -0.1) is 6.42 Å². The Morgan fingerprint density at radius 2 is 1.89 bits per heavy atom. The highest BCUT2D eigenvalue weighted by atomic mass is 79.9. The number of terminal acetylenes is 1. The lowest BCUT2D eigenvalue weighted by Crippen LogP contribution is -1.96. The lowest BCUT2D eigenvalue weighted by Gasteiger charge is -2.10. The molecule has 0 fully saturated rings. The molecule has 0 saturated heterocycles. The summed E-state index contributed by atoms with van der Waals surface area (Å²) in [5.74, 6) is 2.87. The third-order valence-electron chi connectivity index (χ3n) is 3.29. The van der Waals surface area contributed by atoms with Gasteiger partial charge in [-0.1, -0.05) is 52.2 Å². The van der Waals surface area contributed by atoms with Gasteiger partial charge in [-0.05, 0) is 29.3 Å². The molecule has 1 N–H and O–H groups in total. The summed E-state index contributed by atoms with van der Waals surface area (Å²) in [7, 11) is 0. The molecule has 0 saturated carbocycles. The van der Waals surface area contributed by atoms with Gasteiger partial charge in [0, 0.05) is 21.6 Å². The van der Waals surface area contributed by atoms with Crippen LogP contribution in [0.25, 0.3) is 10.9 Å². The average Bonchev–Trinajstić information content (AvgIpc) is 2.84. The second-order valence-electron chi connectivity index (χ2n) is 4.44. The fraction of sp³-hybridized carbons (Fsp3) is 0.0588. The molecule has 19 heavy (non-hydrogen) atoms. The Bertz CT molecular complexity index is 750. The number of hydrogen-bond acceptors (Lipinski definition) is 0. The highest BCUT2D eigenvalue weighted by molar-refractivity contribution is 9.10. The molecule has 0 aliphatic carbocycles. The molecule has 1 aromatic heterocycles. The normalized spacial score (nSPS) is 12.2. The Hall–Kier alpha value is -1.98. The molecule has 1 atom stereocenters. The van der Waals surface area contributed by atoms with E-state index in [1.54, 1.807) is 0 Å². The number of fused-ring (bicyclic) bond motifs is 1. The van der Waals surface area contributed by atoms with E-state index in [9.17, 15) is 0 Å². The standard InChI is InChI=1S/C17H12BrN/c1-2-14(12-6-4-3-5-7-12)16-11-19-17-9-8-13(18)10-15(16)17/h1,3-11,14,19H. The number of aromatic amines is 1. The molecule has 92 valence electrons. The van der Waals surface area contributed by atoms with Gasteiger partial charge in [0.25, 0.3) is 0 Å². The quantitative estimate of drug-likeness (QED) is 0.661. The van der Waals surface area contributed by atoms with Crippen molar-refractivity contribution in [1.82, 2.24) is 4.98 Å². The number of aromatic nitrogens is 1. The number of hydrogen-bond donors (Lipinski definition) is 1. The van der Waals surface area contributed by atoms with Crippen molar-refractivity contribution >= 4 is 26.8 Å². The van der Waals surface area contributed by atoms with Crippen LogP contribution in [0, 0.1) is 12.3 Å². The fourth-order valence-electron chi connectivity index (χ4n) is 2.36. The summed E-state index contributed by atoms with van der Waals surface area (Å²) in [6, 6.07) is 16.4. The van der Waals surface area contributed by atoms with E-state index in [0.29, 0.717) is 0 Å². The maximum absolute atomic E-state index is 5.75. The Morgan fingerprint density at radius 1 is 1.11 bits per heavy atom. The summed E-state index contributed by atoms with van der Waals surface area (Å²) in [4.78, 5) is 3.28. The number of nitrogens with one attached hydrogen (secondary N) is 1. The predicted molar refractivity (Wildman–Crippen MR) is 83.1 cm³/mol. The molecule has 1 heterocycles. The highest BCUT2D eigenvalue weighted by Gasteiger charge is 2.15. The molecule has 2 aromatic carbocycles. The van der Waals surface area contributed by atoms with Crippen LogP contribution in [0.2, 0.25) is 0 Å². The molecule has 0 amide bonds. The van der Waals surface area contributed by atoms with Gasteiger partial charge >= 0.3 is 0 Å². The van der Waals surface area contributed by atoms with Gasteiger partial charge in [0.2, 0.25) is 0 Å². The van der Waals surface area contributed by atoms with Crippen LogP contribution in [-0.2, 0) is 0 Å². The molecule has 0 spiro atoms. The fourth-order valence-corrected chi connectivity index (χ4v) is 2.73. The predicted octanol–water partition coefficient (Wildman–Crippen LogP) is 4.70. The summed E-state index contributed by atoms with van der Waals surface area (Å²) in [5, 5.41) is 1.17. The van der Waals surface area contributed by atoms with Crippen LogP contribution < -0.4 is 0 Å². The van der Waals surface area contributed by atoms with Crippen molar-refractivity contribution in [3.05, 3.63) is 70.3 Å². The molecule has 0 aliphatic heterocycles. The summed E-state index contributed by atoms with van der Waals surface area (Å²) < 4.78 is 1.06. The highest BCUT2D eigenvalue weighted by Crippen LogP contribution is 2.31. The third kappa shape index (κ3) is 2.18. The van der Waals surface area contributed by atoms with Crippen LogP contribution in [0.1, 0.15) is 17.0 Å². The van der Waals surface area contributed by atoms with Crippen LogP contribution in [0.15, 0.2) is 59.2 Å². The second-order valence-corrected chi connectivity index (χ2v) is 5.36. The first kappa shape index (κ1) is 12.1. The lowest BCUT2D eigenvalue weighted by molar-refractivity contribution is 1.08. The van der Waals surface area contributed by atoms with Gasteiger partial charge in [0.15, 0.2) is 0 Å². The van der Waals surface area contributed by atoms with Gasteiger partial charge < -0.3 is 4.98 Å². The smallest absolute Gasteiger partial charge is 0.0720 e. The zero-order chi connectivity index (χ0) is 13.2. The summed E-state index contributed by atoms with van der Waals surface area (Å²) in [6.07, 6.45) is 7.76. The van der Waals surface area contributed by atoms with Crippen molar-refractivity contribution in [2.45, 2.75) is 5.92 Å². The zero-order valence-corrected chi connectivity index (χ0v) is 11.8. The Morgan fingerprint density at radius 3 is 2.63 bits per heavy atom. The topological polar surface area (TPSA) is 15.8 Å². The number of rotatable bonds is 2. The molecule has 1 nitrogen and oxygen atoms in total. The van der Waals surface area contributed by atoms with Crippen molar-refractivity contribution in [2.24, 2.45) is 0 Å². The largest absolute Gasteiger partial charge is 0.361 e. The van der Waals surface area contributed by atoms with Crippen LogP contribution in [0.4, 0.5) is 0 Å². The summed E-state index contributed by atoms with van der Waals surface area (Å²) in [5.41, 5.74) is 3.39. The van der Waals surface area contributed by atoms with Crippen LogP contribution in [0.5, 0.6) is 0 Å². The maximum Gasteiger partial charge on any atom is 0.0720 e. The Balaban J connectivity index is 2.18. The third-order valence-corrected chi connectivity index (χ3v) is 3.78. The minimum atomic E-state index is -0.0238. The van der Waals surface area contributed by atoms with E-state index >= 15 is 0 Å². The van der Waals surface area contributed by atoms with E-state index < -0.39 is 0 Å². The molecular formula is C17H12BrN. The second kappa shape index (κ2) is 4.95. The minimum Gasteiger partial charge on any atom is -0.361 e. The first-order valence-corrected chi connectivity index (χ1v) is 6.86. The molecule has 2 heteroatoms. The van der Waals surface area contributed by atoms with Crippen molar-refractivity contribution in [3.8, 4) is 12.3 Å². The van der Waals surface area contributed by atoms with Gasteiger partial charge in [-0.3, -0.25) is 0 Å². The van der Waals surface area contributed by atoms with Crippen molar-refractivity contribution in [1.29, 1.82) is 0 Å². The van der Waals surface area contributed by atoms with Crippen LogP contribution in [0.3, 0.4) is 0 Å². The molecule has 0 bridgehead atoms. The average molecular weight is 310 g/mol. The van der Waals surface area contributed by atoms with Crippen molar-refractivity contribution < 1.29 is 0 Å². The first-order chi connectivity index (χ1) is 9.29. The van der Waals surface area contributed by atoms with Gasteiger partial charge in [-0.2, -0.15) is 0 Å². The molecule has 3 rings (SSSR count). The van der Waals surface area contributed by atoms with E-state index in [0.717, 1.165) is 21.1 Å². The molecular weight excluding hydrogens is 298 g/mol. The van der Waals surface area contributed by atoms with E-state index in [-0.39, 0.29) is 5.92 Å². The van der Waals surface area contributed by atoms with E-state index in [1.807, 2.05) is 30.5 Å². The molecule has 0 aliphatic rings. The van der Waals surface area contributed by atoms with E-state index in [4.69, 9.17) is 6.42 Å². The number of H-pyrrole nitrogens is 1. The van der Waals surface area contributed by atoms with Crippen LogP contribution >= 0.6 is 15.9 Å². The van der Waals surface area contributed by atoms with Crippen molar-refractivity contribution in [3.63, 3.8) is 0 Å². The van der Waals surface area contributed by atoms with Crippen LogP contribution in [-0.4, -0.2) is 4.98 Å². The molecule has 1 unspecified atom stereocenters. The lowest BCUT2D eigenvalue weighted by atomic mass is 9.92. The maximum atomic E-state index is 5.75. The van der Waals surface area contributed by atoms with Gasteiger partial charge in [-0.25, -0.2) is 0 Å². The van der Waals surface area contributed by atoms with Gasteiger partial charge in [0.05, 0.1) is 5.92 Å². The molecule has 0 radical (unpaired) electrons. The first-order valence-electron chi connectivity index (χ1n) is 6.07.